The summed E-state index contributed by atoms with van der Waals surface area (Å²) in [6.45, 7) is 5.21. The molecule has 0 saturated carbocycles. The van der Waals surface area contributed by atoms with Gasteiger partial charge >= 0.3 is 0 Å². The lowest BCUT2D eigenvalue weighted by molar-refractivity contribution is 0.0168. The third-order valence-corrected chi connectivity index (χ3v) is 4.78. The SMILES string of the molecule is CC1(C(=O)n2nc(C3CCCNC3)cc2N)CCOCC1. The van der Waals surface area contributed by atoms with Crippen molar-refractivity contribution in [2.75, 3.05) is 32.0 Å². The summed E-state index contributed by atoms with van der Waals surface area (Å²) < 4.78 is 6.77. The molecule has 3 rings (SSSR count). The summed E-state index contributed by atoms with van der Waals surface area (Å²) in [6.07, 6.45) is 3.69. The van der Waals surface area contributed by atoms with E-state index in [0.717, 1.165) is 44.5 Å². The van der Waals surface area contributed by atoms with Crippen molar-refractivity contribution in [2.24, 2.45) is 5.41 Å². The van der Waals surface area contributed by atoms with Gasteiger partial charge in [-0.25, -0.2) is 0 Å². The molecule has 0 spiro atoms. The summed E-state index contributed by atoms with van der Waals surface area (Å²) in [7, 11) is 0. The number of rotatable bonds is 2. The minimum absolute atomic E-state index is 0.00156. The van der Waals surface area contributed by atoms with Gasteiger partial charge in [0.05, 0.1) is 11.1 Å². The van der Waals surface area contributed by atoms with E-state index in [9.17, 15) is 4.79 Å². The molecule has 116 valence electrons. The van der Waals surface area contributed by atoms with Gasteiger partial charge in [-0.2, -0.15) is 9.78 Å². The van der Waals surface area contributed by atoms with Crippen LogP contribution >= 0.6 is 0 Å². The summed E-state index contributed by atoms with van der Waals surface area (Å²) >= 11 is 0. The van der Waals surface area contributed by atoms with Crippen LogP contribution in [0.5, 0.6) is 0 Å². The van der Waals surface area contributed by atoms with Gasteiger partial charge in [-0.15, -0.1) is 0 Å². The fraction of sp³-hybridized carbons (Fsp3) is 0.733. The first-order valence-corrected chi connectivity index (χ1v) is 7.79. The van der Waals surface area contributed by atoms with E-state index < -0.39 is 5.41 Å². The Morgan fingerprint density at radius 2 is 2.29 bits per heavy atom. The highest BCUT2D eigenvalue weighted by molar-refractivity contribution is 5.86. The van der Waals surface area contributed by atoms with Crippen molar-refractivity contribution in [1.29, 1.82) is 0 Å². The Bertz CT molecular complexity index is 514. The average molecular weight is 292 g/mol. The van der Waals surface area contributed by atoms with Crippen LogP contribution in [0.2, 0.25) is 0 Å². The van der Waals surface area contributed by atoms with Crippen molar-refractivity contribution in [3.05, 3.63) is 11.8 Å². The first kappa shape index (κ1) is 14.5. The summed E-state index contributed by atoms with van der Waals surface area (Å²) in [5.74, 6) is 0.809. The Labute approximate surface area is 125 Å². The smallest absolute Gasteiger partial charge is 0.254 e. The number of aromatic nitrogens is 2. The van der Waals surface area contributed by atoms with E-state index in [1.807, 2.05) is 13.0 Å². The maximum absolute atomic E-state index is 12.8. The van der Waals surface area contributed by atoms with E-state index >= 15 is 0 Å². The number of carbonyl (C=O) groups excluding carboxylic acids is 1. The van der Waals surface area contributed by atoms with Gasteiger partial charge in [0.25, 0.3) is 5.91 Å². The zero-order valence-electron chi connectivity index (χ0n) is 12.6. The molecule has 21 heavy (non-hydrogen) atoms. The van der Waals surface area contributed by atoms with Gasteiger partial charge < -0.3 is 15.8 Å². The highest BCUT2D eigenvalue weighted by Gasteiger charge is 2.37. The van der Waals surface area contributed by atoms with E-state index in [-0.39, 0.29) is 5.91 Å². The van der Waals surface area contributed by atoms with E-state index in [2.05, 4.69) is 10.4 Å². The summed E-state index contributed by atoms with van der Waals surface area (Å²) in [4.78, 5) is 12.8. The molecule has 3 heterocycles. The highest BCUT2D eigenvalue weighted by Crippen LogP contribution is 2.33. The predicted molar refractivity (Wildman–Crippen MR) is 80.3 cm³/mol. The molecule has 1 aromatic heterocycles. The third-order valence-electron chi connectivity index (χ3n) is 4.78. The molecule has 0 aliphatic carbocycles. The fourth-order valence-corrected chi connectivity index (χ4v) is 3.17. The first-order chi connectivity index (χ1) is 10.1. The topological polar surface area (TPSA) is 82.2 Å². The maximum Gasteiger partial charge on any atom is 0.254 e. The van der Waals surface area contributed by atoms with Gasteiger partial charge in [0.15, 0.2) is 0 Å². The van der Waals surface area contributed by atoms with Crippen LogP contribution in [-0.4, -0.2) is 42.0 Å². The van der Waals surface area contributed by atoms with Crippen molar-refractivity contribution < 1.29 is 9.53 Å². The van der Waals surface area contributed by atoms with E-state index in [4.69, 9.17) is 10.5 Å². The molecular formula is C15H24N4O2. The molecule has 6 heteroatoms. The molecule has 2 saturated heterocycles. The van der Waals surface area contributed by atoms with Crippen LogP contribution in [0, 0.1) is 5.41 Å². The number of anilines is 1. The number of nitrogens with zero attached hydrogens (tertiary/aromatic N) is 2. The molecule has 0 bridgehead atoms. The Morgan fingerprint density at radius 3 is 2.95 bits per heavy atom. The first-order valence-electron chi connectivity index (χ1n) is 7.79. The third kappa shape index (κ3) is 2.82. The van der Waals surface area contributed by atoms with Crippen LogP contribution in [0.25, 0.3) is 0 Å². The second kappa shape index (κ2) is 5.77. The van der Waals surface area contributed by atoms with Gasteiger partial charge in [-0.3, -0.25) is 4.79 Å². The number of piperidine rings is 1. The molecule has 1 atom stereocenters. The number of ether oxygens (including phenoxy) is 1. The Hall–Kier alpha value is -1.40. The number of hydrogen-bond donors (Lipinski definition) is 2. The molecule has 1 aromatic rings. The highest BCUT2D eigenvalue weighted by atomic mass is 16.5. The molecule has 6 nitrogen and oxygen atoms in total. The van der Waals surface area contributed by atoms with E-state index in [0.29, 0.717) is 24.9 Å². The molecule has 1 unspecified atom stereocenters. The molecular weight excluding hydrogens is 268 g/mol. The van der Waals surface area contributed by atoms with Gasteiger partial charge in [-0.1, -0.05) is 6.92 Å². The van der Waals surface area contributed by atoms with Crippen molar-refractivity contribution in [1.82, 2.24) is 15.1 Å². The fourth-order valence-electron chi connectivity index (χ4n) is 3.17. The van der Waals surface area contributed by atoms with Crippen molar-refractivity contribution in [3.8, 4) is 0 Å². The zero-order valence-corrected chi connectivity index (χ0v) is 12.6. The monoisotopic (exact) mass is 292 g/mol. The second-order valence-electron chi connectivity index (χ2n) is 6.43. The van der Waals surface area contributed by atoms with Gasteiger partial charge in [0.2, 0.25) is 0 Å². The molecule has 0 radical (unpaired) electrons. The summed E-state index contributed by atoms with van der Waals surface area (Å²) in [6, 6.07) is 1.86. The Kier molecular flexibility index (Phi) is 3.99. The van der Waals surface area contributed by atoms with Gasteiger partial charge in [0.1, 0.15) is 5.82 Å². The molecule has 2 aliphatic rings. The Morgan fingerprint density at radius 1 is 1.52 bits per heavy atom. The minimum Gasteiger partial charge on any atom is -0.383 e. The van der Waals surface area contributed by atoms with Crippen molar-refractivity contribution >= 4 is 11.7 Å². The number of nitrogens with two attached hydrogens (primary N) is 1. The lowest BCUT2D eigenvalue weighted by Crippen LogP contribution is -2.39. The Balaban J connectivity index is 1.81. The zero-order chi connectivity index (χ0) is 14.9. The maximum atomic E-state index is 12.8. The van der Waals surface area contributed by atoms with Crippen LogP contribution < -0.4 is 11.1 Å². The lowest BCUT2D eigenvalue weighted by atomic mass is 9.81. The molecule has 0 aromatic carbocycles. The van der Waals surface area contributed by atoms with Crippen LogP contribution in [0.15, 0.2) is 6.07 Å². The standard InChI is InChI=1S/C15H24N4O2/c1-15(4-7-21-8-5-15)14(20)19-13(16)9-12(18-19)11-3-2-6-17-10-11/h9,11,17H,2-8,10,16H2,1H3. The van der Waals surface area contributed by atoms with Gasteiger partial charge in [-0.05, 0) is 32.2 Å². The summed E-state index contributed by atoms with van der Waals surface area (Å²) in [5, 5.41) is 7.89. The van der Waals surface area contributed by atoms with Crippen LogP contribution in [0.3, 0.4) is 0 Å². The van der Waals surface area contributed by atoms with Gasteiger partial charge in [0, 0.05) is 31.7 Å². The van der Waals surface area contributed by atoms with Crippen LogP contribution in [-0.2, 0) is 4.74 Å². The number of carbonyl (C=O) groups is 1. The normalized spacial score (nSPS) is 25.7. The lowest BCUT2D eigenvalue weighted by Gasteiger charge is -2.31. The predicted octanol–water partition coefficient (Wildman–Crippen LogP) is 1.39. The molecule has 3 N–H and O–H groups in total. The summed E-state index contributed by atoms with van der Waals surface area (Å²) in [5.41, 5.74) is 6.56. The second-order valence-corrected chi connectivity index (χ2v) is 6.43. The molecule has 2 aliphatic heterocycles. The minimum atomic E-state index is -0.416. The van der Waals surface area contributed by atoms with E-state index in [1.54, 1.807) is 0 Å². The van der Waals surface area contributed by atoms with Crippen LogP contribution in [0.4, 0.5) is 5.82 Å². The molecule has 0 amide bonds. The van der Waals surface area contributed by atoms with Crippen LogP contribution in [0.1, 0.15) is 49.0 Å². The number of nitrogens with one attached hydrogen (secondary N) is 1. The number of hydrogen-bond acceptors (Lipinski definition) is 5. The number of nitrogen functional groups attached to an aromatic ring is 1. The van der Waals surface area contributed by atoms with Crippen molar-refractivity contribution in [2.45, 2.75) is 38.5 Å². The average Bonchev–Trinajstić information content (AvgIpc) is 2.90. The molecule has 2 fully saturated rings. The quantitative estimate of drug-likeness (QED) is 0.861. The largest absolute Gasteiger partial charge is 0.383 e. The van der Waals surface area contributed by atoms with E-state index in [1.165, 1.54) is 4.68 Å². The van der Waals surface area contributed by atoms with Crippen molar-refractivity contribution in [3.63, 3.8) is 0 Å².